The number of amides is 1. The Bertz CT molecular complexity index is 601. The summed E-state index contributed by atoms with van der Waals surface area (Å²) in [5, 5.41) is 11.6. The van der Waals surface area contributed by atoms with Crippen molar-refractivity contribution in [3.05, 3.63) is 35.1 Å². The molecule has 1 N–H and O–H groups in total. The number of ether oxygens (including phenoxy) is 1. The van der Waals surface area contributed by atoms with Gasteiger partial charge in [0.15, 0.2) is 18.2 Å². The summed E-state index contributed by atoms with van der Waals surface area (Å²) < 4.78 is 18.4. The van der Waals surface area contributed by atoms with Crippen molar-refractivity contribution in [1.29, 1.82) is 0 Å². The number of anilines is 1. The van der Waals surface area contributed by atoms with Crippen molar-refractivity contribution in [2.75, 3.05) is 11.9 Å². The Morgan fingerprint density at radius 2 is 2.15 bits per heavy atom. The SMILES string of the molecule is CC(C)c1nnc(NC(=O)COc2ccccc2F)s1. The van der Waals surface area contributed by atoms with Crippen molar-refractivity contribution in [3.8, 4) is 5.75 Å². The first-order valence-electron chi connectivity index (χ1n) is 6.07. The number of nitrogens with one attached hydrogen (secondary N) is 1. The van der Waals surface area contributed by atoms with Crippen LogP contribution < -0.4 is 10.1 Å². The number of carbonyl (C=O) groups is 1. The lowest BCUT2D eigenvalue weighted by atomic mass is 10.2. The first-order valence-corrected chi connectivity index (χ1v) is 6.88. The summed E-state index contributed by atoms with van der Waals surface area (Å²) in [6.07, 6.45) is 0. The third kappa shape index (κ3) is 3.74. The van der Waals surface area contributed by atoms with Crippen LogP contribution in [-0.4, -0.2) is 22.7 Å². The lowest BCUT2D eigenvalue weighted by Gasteiger charge is -2.06. The Morgan fingerprint density at radius 1 is 1.40 bits per heavy atom. The Hall–Kier alpha value is -2.02. The average Bonchev–Trinajstić information content (AvgIpc) is 2.86. The van der Waals surface area contributed by atoms with Crippen LogP contribution in [0, 0.1) is 5.82 Å². The van der Waals surface area contributed by atoms with Gasteiger partial charge in [0.2, 0.25) is 5.13 Å². The van der Waals surface area contributed by atoms with Crippen molar-refractivity contribution in [2.45, 2.75) is 19.8 Å². The van der Waals surface area contributed by atoms with E-state index in [9.17, 15) is 9.18 Å². The summed E-state index contributed by atoms with van der Waals surface area (Å²) >= 11 is 1.31. The van der Waals surface area contributed by atoms with E-state index in [2.05, 4.69) is 15.5 Å². The fourth-order valence-electron chi connectivity index (χ4n) is 1.38. The first kappa shape index (κ1) is 14.4. The molecular formula is C13H14FN3O2S. The van der Waals surface area contributed by atoms with Crippen molar-refractivity contribution < 1.29 is 13.9 Å². The van der Waals surface area contributed by atoms with Gasteiger partial charge in [-0.25, -0.2) is 4.39 Å². The smallest absolute Gasteiger partial charge is 0.264 e. The predicted molar refractivity (Wildman–Crippen MR) is 74.5 cm³/mol. The fraction of sp³-hybridized carbons (Fsp3) is 0.308. The van der Waals surface area contributed by atoms with Gasteiger partial charge in [-0.1, -0.05) is 37.3 Å². The number of nitrogens with zero attached hydrogens (tertiary/aromatic N) is 2. The van der Waals surface area contributed by atoms with E-state index in [0.29, 0.717) is 5.13 Å². The van der Waals surface area contributed by atoms with Gasteiger partial charge in [0.25, 0.3) is 5.91 Å². The highest BCUT2D eigenvalue weighted by molar-refractivity contribution is 7.15. The summed E-state index contributed by atoms with van der Waals surface area (Å²) in [5.74, 6) is -0.603. The highest BCUT2D eigenvalue weighted by atomic mass is 32.1. The highest BCUT2D eigenvalue weighted by Gasteiger charge is 2.11. The second-order valence-corrected chi connectivity index (χ2v) is 5.38. The minimum Gasteiger partial charge on any atom is -0.481 e. The minimum atomic E-state index is -0.502. The molecule has 0 saturated carbocycles. The molecule has 2 aromatic rings. The number of hydrogen-bond acceptors (Lipinski definition) is 5. The van der Waals surface area contributed by atoms with E-state index in [-0.39, 0.29) is 18.3 Å². The molecule has 0 aliphatic rings. The van der Waals surface area contributed by atoms with E-state index in [1.54, 1.807) is 12.1 Å². The van der Waals surface area contributed by atoms with Gasteiger partial charge in [-0.05, 0) is 12.1 Å². The van der Waals surface area contributed by atoms with Crippen LogP contribution in [0.25, 0.3) is 0 Å². The molecule has 0 unspecified atom stereocenters. The molecular weight excluding hydrogens is 281 g/mol. The molecule has 0 atom stereocenters. The van der Waals surface area contributed by atoms with Gasteiger partial charge < -0.3 is 4.74 Å². The monoisotopic (exact) mass is 295 g/mol. The summed E-state index contributed by atoms with van der Waals surface area (Å²) in [6.45, 7) is 3.71. The maximum absolute atomic E-state index is 13.3. The predicted octanol–water partition coefficient (Wildman–Crippen LogP) is 2.82. The second kappa shape index (κ2) is 6.42. The van der Waals surface area contributed by atoms with Crippen LogP contribution in [-0.2, 0) is 4.79 Å². The molecule has 1 aromatic carbocycles. The van der Waals surface area contributed by atoms with Gasteiger partial charge in [-0.2, -0.15) is 0 Å². The summed E-state index contributed by atoms with van der Waals surface area (Å²) in [4.78, 5) is 11.7. The fourth-order valence-corrected chi connectivity index (χ4v) is 2.14. The molecule has 0 aliphatic heterocycles. The lowest BCUT2D eigenvalue weighted by molar-refractivity contribution is -0.118. The van der Waals surface area contributed by atoms with E-state index >= 15 is 0 Å². The molecule has 0 radical (unpaired) electrons. The zero-order valence-electron chi connectivity index (χ0n) is 11.1. The summed E-state index contributed by atoms with van der Waals surface area (Å²) in [6, 6.07) is 5.92. The molecule has 1 amide bonds. The molecule has 5 nitrogen and oxygen atoms in total. The normalized spacial score (nSPS) is 10.6. The van der Waals surface area contributed by atoms with Crippen molar-refractivity contribution >= 4 is 22.4 Å². The third-order valence-electron chi connectivity index (χ3n) is 2.38. The first-order chi connectivity index (χ1) is 9.56. The molecule has 0 spiro atoms. The van der Waals surface area contributed by atoms with Gasteiger partial charge >= 0.3 is 0 Å². The Balaban J connectivity index is 1.88. The van der Waals surface area contributed by atoms with Gasteiger partial charge in [0.05, 0.1) is 0 Å². The van der Waals surface area contributed by atoms with Crippen LogP contribution >= 0.6 is 11.3 Å². The Labute approximate surface area is 119 Å². The number of rotatable bonds is 5. The van der Waals surface area contributed by atoms with Crippen molar-refractivity contribution in [1.82, 2.24) is 10.2 Å². The number of para-hydroxylation sites is 1. The number of halogens is 1. The van der Waals surface area contributed by atoms with Gasteiger partial charge in [0.1, 0.15) is 5.01 Å². The molecule has 7 heteroatoms. The molecule has 0 bridgehead atoms. The molecule has 106 valence electrons. The van der Waals surface area contributed by atoms with Crippen molar-refractivity contribution in [2.24, 2.45) is 0 Å². The molecule has 1 heterocycles. The molecule has 0 aliphatic carbocycles. The van der Waals surface area contributed by atoms with Gasteiger partial charge in [-0.15, -0.1) is 10.2 Å². The molecule has 0 fully saturated rings. The van der Waals surface area contributed by atoms with Gasteiger partial charge in [-0.3, -0.25) is 10.1 Å². The number of carbonyl (C=O) groups excluding carboxylic acids is 1. The zero-order valence-corrected chi connectivity index (χ0v) is 11.9. The summed E-state index contributed by atoms with van der Waals surface area (Å²) in [5.41, 5.74) is 0. The van der Waals surface area contributed by atoms with Crippen LogP contribution in [0.2, 0.25) is 0 Å². The Kier molecular flexibility index (Phi) is 4.62. The van der Waals surface area contributed by atoms with Crippen LogP contribution in [0.5, 0.6) is 5.75 Å². The van der Waals surface area contributed by atoms with Gasteiger partial charge in [0, 0.05) is 5.92 Å². The Morgan fingerprint density at radius 3 is 2.80 bits per heavy atom. The largest absolute Gasteiger partial charge is 0.481 e. The quantitative estimate of drug-likeness (QED) is 0.921. The van der Waals surface area contributed by atoms with Crippen LogP contribution in [0.15, 0.2) is 24.3 Å². The number of hydrogen-bond donors (Lipinski definition) is 1. The van der Waals surface area contributed by atoms with Crippen LogP contribution in [0.1, 0.15) is 24.8 Å². The van der Waals surface area contributed by atoms with Crippen LogP contribution in [0.3, 0.4) is 0 Å². The standard InChI is InChI=1S/C13H14FN3O2S/c1-8(2)12-16-17-13(20-12)15-11(18)7-19-10-6-4-3-5-9(10)14/h3-6,8H,7H2,1-2H3,(H,15,17,18). The summed E-state index contributed by atoms with van der Waals surface area (Å²) in [7, 11) is 0. The number of benzene rings is 1. The third-order valence-corrected chi connectivity index (χ3v) is 3.52. The van der Waals surface area contributed by atoms with E-state index in [4.69, 9.17) is 4.74 Å². The maximum atomic E-state index is 13.3. The minimum absolute atomic E-state index is 0.0442. The molecule has 1 aromatic heterocycles. The average molecular weight is 295 g/mol. The molecule has 0 saturated heterocycles. The van der Waals surface area contributed by atoms with Crippen LogP contribution in [0.4, 0.5) is 9.52 Å². The van der Waals surface area contributed by atoms with Crippen molar-refractivity contribution in [3.63, 3.8) is 0 Å². The zero-order chi connectivity index (χ0) is 14.5. The highest BCUT2D eigenvalue weighted by Crippen LogP contribution is 2.22. The topological polar surface area (TPSA) is 64.1 Å². The van der Waals surface area contributed by atoms with E-state index in [1.165, 1.54) is 23.5 Å². The van der Waals surface area contributed by atoms with E-state index < -0.39 is 11.7 Å². The van der Waals surface area contributed by atoms with E-state index in [1.807, 2.05) is 13.8 Å². The molecule has 2 rings (SSSR count). The number of aromatic nitrogens is 2. The van der Waals surface area contributed by atoms with E-state index in [0.717, 1.165) is 5.01 Å². The lowest BCUT2D eigenvalue weighted by Crippen LogP contribution is -2.20. The molecule has 20 heavy (non-hydrogen) atoms. The maximum Gasteiger partial charge on any atom is 0.264 e. The second-order valence-electron chi connectivity index (χ2n) is 4.37.